The van der Waals surface area contributed by atoms with Crippen molar-refractivity contribution in [2.24, 2.45) is 0 Å². The molecule has 38 heavy (non-hydrogen) atoms. The van der Waals surface area contributed by atoms with Gasteiger partial charge in [-0.1, -0.05) is 98.2 Å². The zero-order chi connectivity index (χ0) is 27.7. The van der Waals surface area contributed by atoms with E-state index in [1.54, 1.807) is 4.90 Å². The summed E-state index contributed by atoms with van der Waals surface area (Å²) in [7, 11) is 0. The Morgan fingerprint density at radius 3 is 2.13 bits per heavy atom. The fourth-order valence-electron chi connectivity index (χ4n) is 4.06. The highest BCUT2D eigenvalue weighted by Gasteiger charge is 2.31. The number of halogens is 1. The van der Waals surface area contributed by atoms with Crippen LogP contribution in [0.15, 0.2) is 83.3 Å². The highest BCUT2D eigenvalue weighted by molar-refractivity contribution is 9.10. The van der Waals surface area contributed by atoms with Crippen LogP contribution in [0.1, 0.15) is 57.7 Å². The molecule has 0 aromatic heterocycles. The summed E-state index contributed by atoms with van der Waals surface area (Å²) in [5.74, 6) is 0.217. The maximum Gasteiger partial charge on any atom is 0.261 e. The zero-order valence-electron chi connectivity index (χ0n) is 23.0. The molecule has 6 heteroatoms. The Labute approximate surface area is 235 Å². The molecule has 0 aliphatic carbocycles. The fourth-order valence-corrected chi connectivity index (χ4v) is 4.33. The summed E-state index contributed by atoms with van der Waals surface area (Å²) >= 11 is 3.48. The van der Waals surface area contributed by atoms with E-state index in [9.17, 15) is 9.59 Å². The highest BCUT2D eigenvalue weighted by Crippen LogP contribution is 2.24. The Morgan fingerprint density at radius 2 is 1.55 bits per heavy atom. The van der Waals surface area contributed by atoms with Crippen LogP contribution in [0.4, 0.5) is 0 Å². The molecular formula is C32H39BrN2O3. The molecule has 0 saturated heterocycles. The minimum atomic E-state index is -0.686. The van der Waals surface area contributed by atoms with Gasteiger partial charge in [0.1, 0.15) is 11.8 Å². The van der Waals surface area contributed by atoms with Crippen molar-refractivity contribution in [3.63, 3.8) is 0 Å². The van der Waals surface area contributed by atoms with E-state index in [-0.39, 0.29) is 29.9 Å². The minimum Gasteiger partial charge on any atom is -0.484 e. The molecule has 0 radical (unpaired) electrons. The Bertz CT molecular complexity index is 1170. The number of nitrogens with one attached hydrogen (secondary N) is 1. The van der Waals surface area contributed by atoms with E-state index in [1.807, 2.05) is 92.7 Å². The van der Waals surface area contributed by atoms with Crippen LogP contribution >= 0.6 is 15.9 Å². The molecule has 0 aliphatic heterocycles. The van der Waals surface area contributed by atoms with Crippen molar-refractivity contribution in [1.82, 2.24) is 10.2 Å². The van der Waals surface area contributed by atoms with Gasteiger partial charge in [0.2, 0.25) is 5.91 Å². The number of hydrogen-bond donors (Lipinski definition) is 1. The standard InChI is InChI=1S/C32H39BrN2O3/c1-6-23(2)34-31(37)29(20-24-10-8-7-9-11-24)35(21-25-12-16-27(33)17-13-25)30(36)22-38-28-18-14-26(15-19-28)32(3,4)5/h7-19,23,29H,6,20-22H2,1-5H3,(H,34,37)/t23-,29+/m0/s1. The van der Waals surface area contributed by atoms with Crippen molar-refractivity contribution in [2.75, 3.05) is 6.61 Å². The van der Waals surface area contributed by atoms with Crippen LogP contribution in [0.2, 0.25) is 0 Å². The molecule has 0 unspecified atom stereocenters. The van der Waals surface area contributed by atoms with Gasteiger partial charge >= 0.3 is 0 Å². The van der Waals surface area contributed by atoms with Gasteiger partial charge in [0, 0.05) is 23.5 Å². The van der Waals surface area contributed by atoms with Crippen LogP contribution in [0.25, 0.3) is 0 Å². The maximum atomic E-state index is 13.7. The lowest BCUT2D eigenvalue weighted by atomic mass is 9.87. The number of nitrogens with zero attached hydrogens (tertiary/aromatic N) is 1. The second kappa shape index (κ2) is 13.6. The van der Waals surface area contributed by atoms with Gasteiger partial charge in [-0.15, -0.1) is 0 Å². The average Bonchev–Trinajstić information content (AvgIpc) is 2.90. The first-order chi connectivity index (χ1) is 18.1. The third-order valence-corrected chi connectivity index (χ3v) is 7.15. The van der Waals surface area contributed by atoms with Crippen molar-refractivity contribution in [3.8, 4) is 5.75 Å². The molecule has 0 spiro atoms. The molecule has 0 saturated carbocycles. The predicted molar refractivity (Wildman–Crippen MR) is 157 cm³/mol. The Kier molecular flexibility index (Phi) is 10.5. The SMILES string of the molecule is CC[C@H](C)NC(=O)[C@@H](Cc1ccccc1)N(Cc1ccc(Br)cc1)C(=O)COc1ccc(C(C)(C)C)cc1. The van der Waals surface area contributed by atoms with Gasteiger partial charge in [0.05, 0.1) is 0 Å². The third kappa shape index (κ3) is 8.73. The van der Waals surface area contributed by atoms with Gasteiger partial charge in [-0.05, 0) is 59.7 Å². The zero-order valence-corrected chi connectivity index (χ0v) is 24.6. The Balaban J connectivity index is 1.88. The first-order valence-electron chi connectivity index (χ1n) is 13.2. The molecule has 0 aliphatic rings. The third-order valence-electron chi connectivity index (χ3n) is 6.62. The normalized spacial score (nSPS) is 12.9. The molecule has 3 rings (SSSR count). The Morgan fingerprint density at radius 1 is 0.921 bits per heavy atom. The van der Waals surface area contributed by atoms with E-state index in [0.717, 1.165) is 22.0 Å². The van der Waals surface area contributed by atoms with E-state index in [4.69, 9.17) is 4.74 Å². The predicted octanol–water partition coefficient (Wildman–Crippen LogP) is 6.68. The van der Waals surface area contributed by atoms with Crippen LogP contribution in [0, 0.1) is 0 Å². The van der Waals surface area contributed by atoms with E-state index in [0.29, 0.717) is 18.7 Å². The quantitative estimate of drug-likeness (QED) is 0.276. The topological polar surface area (TPSA) is 58.6 Å². The summed E-state index contributed by atoms with van der Waals surface area (Å²) in [5.41, 5.74) is 3.15. The highest BCUT2D eigenvalue weighted by atomic mass is 79.9. The number of carbonyl (C=O) groups is 2. The molecule has 202 valence electrons. The molecule has 3 aromatic rings. The summed E-state index contributed by atoms with van der Waals surface area (Å²) in [4.78, 5) is 28.9. The molecule has 2 atom stereocenters. The Hall–Kier alpha value is -3.12. The molecule has 5 nitrogen and oxygen atoms in total. The average molecular weight is 580 g/mol. The van der Waals surface area contributed by atoms with Gasteiger partial charge in [0.15, 0.2) is 6.61 Å². The maximum absolute atomic E-state index is 13.7. The number of ether oxygens (including phenoxy) is 1. The number of benzene rings is 3. The van der Waals surface area contributed by atoms with Gasteiger partial charge in [-0.3, -0.25) is 9.59 Å². The molecular weight excluding hydrogens is 540 g/mol. The van der Waals surface area contributed by atoms with Crippen molar-refractivity contribution in [1.29, 1.82) is 0 Å². The summed E-state index contributed by atoms with van der Waals surface area (Å²) in [6, 6.07) is 24.8. The number of carbonyl (C=O) groups excluding carboxylic acids is 2. The monoisotopic (exact) mass is 578 g/mol. The van der Waals surface area contributed by atoms with Crippen LogP contribution in [-0.2, 0) is 28.0 Å². The molecule has 2 amide bonds. The van der Waals surface area contributed by atoms with Crippen LogP contribution in [0.3, 0.4) is 0 Å². The molecule has 1 N–H and O–H groups in total. The summed E-state index contributed by atoms with van der Waals surface area (Å²) < 4.78 is 6.88. The largest absolute Gasteiger partial charge is 0.484 e. The smallest absolute Gasteiger partial charge is 0.261 e. The number of amides is 2. The van der Waals surface area contributed by atoms with Crippen molar-refractivity contribution in [2.45, 2.75) is 71.5 Å². The van der Waals surface area contributed by atoms with Gasteiger partial charge < -0.3 is 15.0 Å². The van der Waals surface area contributed by atoms with Crippen molar-refractivity contribution < 1.29 is 14.3 Å². The molecule has 3 aromatic carbocycles. The minimum absolute atomic E-state index is 0.00277. The van der Waals surface area contributed by atoms with Crippen LogP contribution in [0.5, 0.6) is 5.75 Å². The lowest BCUT2D eigenvalue weighted by Gasteiger charge is -2.32. The van der Waals surface area contributed by atoms with Gasteiger partial charge in [-0.25, -0.2) is 0 Å². The molecule has 0 heterocycles. The van der Waals surface area contributed by atoms with Crippen LogP contribution < -0.4 is 10.1 Å². The van der Waals surface area contributed by atoms with E-state index < -0.39 is 6.04 Å². The second-order valence-corrected chi connectivity index (χ2v) is 11.7. The van der Waals surface area contributed by atoms with Crippen LogP contribution in [-0.4, -0.2) is 35.4 Å². The van der Waals surface area contributed by atoms with E-state index in [2.05, 4.69) is 42.0 Å². The lowest BCUT2D eigenvalue weighted by Crippen LogP contribution is -2.53. The fraction of sp³-hybridized carbons (Fsp3) is 0.375. The van der Waals surface area contributed by atoms with E-state index in [1.165, 1.54) is 5.56 Å². The second-order valence-electron chi connectivity index (χ2n) is 10.7. The number of rotatable bonds is 11. The summed E-state index contributed by atoms with van der Waals surface area (Å²) in [6.07, 6.45) is 1.21. The molecule has 0 bridgehead atoms. The summed E-state index contributed by atoms with van der Waals surface area (Å²) in [6.45, 7) is 10.6. The van der Waals surface area contributed by atoms with E-state index >= 15 is 0 Å². The van der Waals surface area contributed by atoms with Crippen molar-refractivity contribution >= 4 is 27.7 Å². The number of hydrogen-bond acceptors (Lipinski definition) is 3. The first-order valence-corrected chi connectivity index (χ1v) is 14.0. The lowest BCUT2D eigenvalue weighted by molar-refractivity contribution is -0.143. The van der Waals surface area contributed by atoms with Gasteiger partial charge in [-0.2, -0.15) is 0 Å². The van der Waals surface area contributed by atoms with Crippen molar-refractivity contribution in [3.05, 3.63) is 100 Å². The molecule has 0 fully saturated rings. The van der Waals surface area contributed by atoms with Gasteiger partial charge in [0.25, 0.3) is 5.91 Å². The summed E-state index contributed by atoms with van der Waals surface area (Å²) in [5, 5.41) is 3.09. The first kappa shape index (κ1) is 29.4.